The van der Waals surface area contributed by atoms with E-state index in [4.69, 9.17) is 9.47 Å². The molecule has 0 fully saturated rings. The molecule has 4 nitrogen and oxygen atoms in total. The van der Waals surface area contributed by atoms with Crippen molar-refractivity contribution in [3.8, 4) is 5.75 Å². The highest BCUT2D eigenvalue weighted by atomic mass is 16.5. The highest BCUT2D eigenvalue weighted by Gasteiger charge is 2.41. The van der Waals surface area contributed by atoms with Crippen LogP contribution in [-0.2, 0) is 16.0 Å². The third kappa shape index (κ3) is 2.39. The van der Waals surface area contributed by atoms with Crippen molar-refractivity contribution < 1.29 is 14.3 Å². The Hall–Kier alpha value is -1.71. The number of anilines is 1. The molecule has 0 aromatic heterocycles. The Labute approximate surface area is 114 Å². The molecule has 19 heavy (non-hydrogen) atoms. The van der Waals surface area contributed by atoms with Crippen LogP contribution < -0.4 is 10.1 Å². The fraction of sp³-hybridized carbons (Fsp3) is 0.533. The Balaban J connectivity index is 2.22. The first kappa shape index (κ1) is 13.7. The number of hydrogen-bond acceptors (Lipinski definition) is 4. The number of hydrogen-bond donors (Lipinski definition) is 1. The molecule has 4 heteroatoms. The summed E-state index contributed by atoms with van der Waals surface area (Å²) in [6, 6.07) is 5.98. The number of para-hydroxylation sites is 1. The van der Waals surface area contributed by atoms with E-state index in [1.807, 2.05) is 32.9 Å². The molecule has 0 bridgehead atoms. The van der Waals surface area contributed by atoms with Gasteiger partial charge in [-0.3, -0.25) is 4.79 Å². The average Bonchev–Trinajstić information content (AvgIpc) is 2.83. The van der Waals surface area contributed by atoms with Gasteiger partial charge in [-0.25, -0.2) is 0 Å². The number of esters is 1. The van der Waals surface area contributed by atoms with Gasteiger partial charge >= 0.3 is 5.97 Å². The summed E-state index contributed by atoms with van der Waals surface area (Å²) in [5, 5.41) is 3.41. The summed E-state index contributed by atoms with van der Waals surface area (Å²) in [6.07, 6.45) is 0.804. The second-order valence-corrected chi connectivity index (χ2v) is 5.34. The number of benzene rings is 1. The predicted molar refractivity (Wildman–Crippen MR) is 74.5 cm³/mol. The van der Waals surface area contributed by atoms with Crippen LogP contribution in [0.1, 0.15) is 26.3 Å². The first-order valence-corrected chi connectivity index (χ1v) is 6.60. The molecule has 0 spiro atoms. The summed E-state index contributed by atoms with van der Waals surface area (Å²) in [6.45, 7) is 6.07. The summed E-state index contributed by atoms with van der Waals surface area (Å²) in [4.78, 5) is 12.1. The Morgan fingerprint density at radius 3 is 2.84 bits per heavy atom. The highest BCUT2D eigenvalue weighted by molar-refractivity contribution is 5.79. The smallest absolute Gasteiger partial charge is 0.313 e. The van der Waals surface area contributed by atoms with Gasteiger partial charge in [-0.15, -0.1) is 0 Å². The third-order valence-corrected chi connectivity index (χ3v) is 3.75. The lowest BCUT2D eigenvalue weighted by atomic mass is 9.83. The molecule has 0 amide bonds. The number of carbonyl (C=O) groups excluding carboxylic acids is 1. The predicted octanol–water partition coefficient (Wildman–Crippen LogP) is 2.62. The molecule has 2 rings (SSSR count). The molecule has 1 atom stereocenters. The molecular weight excluding hydrogens is 242 g/mol. The minimum Gasteiger partial charge on any atom is -0.495 e. The van der Waals surface area contributed by atoms with Gasteiger partial charge < -0.3 is 14.8 Å². The summed E-state index contributed by atoms with van der Waals surface area (Å²) in [5.74, 6) is 0.652. The van der Waals surface area contributed by atoms with Crippen LogP contribution in [0.5, 0.6) is 5.75 Å². The molecule has 1 unspecified atom stereocenters. The molecule has 1 heterocycles. The highest BCUT2D eigenvalue weighted by Crippen LogP contribution is 2.40. The van der Waals surface area contributed by atoms with E-state index < -0.39 is 5.41 Å². The van der Waals surface area contributed by atoms with E-state index in [0.29, 0.717) is 6.61 Å². The van der Waals surface area contributed by atoms with E-state index in [2.05, 4.69) is 11.4 Å². The maximum Gasteiger partial charge on any atom is 0.313 e. The molecule has 1 aromatic carbocycles. The second-order valence-electron chi connectivity index (χ2n) is 5.34. The van der Waals surface area contributed by atoms with Crippen LogP contribution in [-0.4, -0.2) is 25.7 Å². The Kier molecular flexibility index (Phi) is 3.69. The van der Waals surface area contributed by atoms with Crippen molar-refractivity contribution in [3.63, 3.8) is 0 Å². The van der Waals surface area contributed by atoms with E-state index in [1.165, 1.54) is 5.56 Å². The van der Waals surface area contributed by atoms with Crippen molar-refractivity contribution in [1.29, 1.82) is 0 Å². The van der Waals surface area contributed by atoms with E-state index in [0.717, 1.165) is 17.9 Å². The normalized spacial score (nSPS) is 17.6. The van der Waals surface area contributed by atoms with Gasteiger partial charge in [0.05, 0.1) is 24.8 Å². The zero-order valence-corrected chi connectivity index (χ0v) is 11.9. The van der Waals surface area contributed by atoms with Crippen LogP contribution in [0.2, 0.25) is 0 Å². The van der Waals surface area contributed by atoms with E-state index >= 15 is 0 Å². The van der Waals surface area contributed by atoms with Gasteiger partial charge in [0, 0.05) is 6.04 Å². The van der Waals surface area contributed by atoms with Crippen molar-refractivity contribution in [2.45, 2.75) is 33.2 Å². The van der Waals surface area contributed by atoms with Crippen molar-refractivity contribution in [2.75, 3.05) is 19.0 Å². The van der Waals surface area contributed by atoms with Crippen molar-refractivity contribution in [3.05, 3.63) is 23.8 Å². The van der Waals surface area contributed by atoms with Gasteiger partial charge in [0.1, 0.15) is 5.75 Å². The van der Waals surface area contributed by atoms with Crippen LogP contribution in [0.3, 0.4) is 0 Å². The number of rotatable bonds is 4. The molecule has 0 saturated carbocycles. The minimum absolute atomic E-state index is 0.0258. The Morgan fingerprint density at radius 2 is 2.21 bits per heavy atom. The summed E-state index contributed by atoms with van der Waals surface area (Å²) >= 11 is 0. The quantitative estimate of drug-likeness (QED) is 0.848. The SMILES string of the molecule is CCOC(=O)C(C)(C)C1Cc2cccc(OC)c2N1. The van der Waals surface area contributed by atoms with Gasteiger partial charge in [-0.1, -0.05) is 12.1 Å². The lowest BCUT2D eigenvalue weighted by Crippen LogP contribution is -2.42. The van der Waals surface area contributed by atoms with Gasteiger partial charge in [-0.2, -0.15) is 0 Å². The molecular formula is C15H21NO3. The number of nitrogens with one attached hydrogen (secondary N) is 1. The number of fused-ring (bicyclic) bond motifs is 1. The summed E-state index contributed by atoms with van der Waals surface area (Å²) in [7, 11) is 1.65. The lowest BCUT2D eigenvalue weighted by Gasteiger charge is -2.29. The van der Waals surface area contributed by atoms with Crippen LogP contribution in [0.15, 0.2) is 18.2 Å². The van der Waals surface area contributed by atoms with Gasteiger partial charge in [-0.05, 0) is 38.8 Å². The molecule has 1 aliphatic heterocycles. The largest absolute Gasteiger partial charge is 0.495 e. The molecule has 0 saturated heterocycles. The lowest BCUT2D eigenvalue weighted by molar-refractivity contribution is -0.154. The van der Waals surface area contributed by atoms with Crippen LogP contribution in [0.25, 0.3) is 0 Å². The maximum atomic E-state index is 12.1. The monoisotopic (exact) mass is 263 g/mol. The zero-order valence-electron chi connectivity index (χ0n) is 11.9. The average molecular weight is 263 g/mol. The number of methoxy groups -OCH3 is 1. The van der Waals surface area contributed by atoms with E-state index in [1.54, 1.807) is 7.11 Å². The maximum absolute atomic E-state index is 12.1. The second kappa shape index (κ2) is 5.11. The molecule has 1 aromatic rings. The molecule has 1 aliphatic rings. The van der Waals surface area contributed by atoms with Crippen LogP contribution in [0.4, 0.5) is 5.69 Å². The number of ether oxygens (including phenoxy) is 2. The van der Waals surface area contributed by atoms with Crippen LogP contribution in [0, 0.1) is 5.41 Å². The standard InChI is InChI=1S/C15H21NO3/c1-5-19-14(17)15(2,3)12-9-10-7-6-8-11(18-4)13(10)16-12/h6-8,12,16H,5,9H2,1-4H3. The summed E-state index contributed by atoms with van der Waals surface area (Å²) < 4.78 is 10.5. The molecule has 0 aliphatic carbocycles. The van der Waals surface area contributed by atoms with Gasteiger partial charge in [0.2, 0.25) is 0 Å². The first-order chi connectivity index (χ1) is 9.00. The first-order valence-electron chi connectivity index (χ1n) is 6.60. The molecule has 1 N–H and O–H groups in total. The molecule has 104 valence electrons. The third-order valence-electron chi connectivity index (χ3n) is 3.75. The Morgan fingerprint density at radius 1 is 1.47 bits per heavy atom. The van der Waals surface area contributed by atoms with Crippen LogP contribution >= 0.6 is 0 Å². The van der Waals surface area contributed by atoms with Gasteiger partial charge in [0.25, 0.3) is 0 Å². The topological polar surface area (TPSA) is 47.6 Å². The molecule has 0 radical (unpaired) electrons. The van der Waals surface area contributed by atoms with E-state index in [-0.39, 0.29) is 12.0 Å². The van der Waals surface area contributed by atoms with Crippen molar-refractivity contribution in [1.82, 2.24) is 0 Å². The fourth-order valence-electron chi connectivity index (χ4n) is 2.42. The van der Waals surface area contributed by atoms with Crippen molar-refractivity contribution in [2.24, 2.45) is 5.41 Å². The summed E-state index contributed by atoms with van der Waals surface area (Å²) in [5.41, 5.74) is 1.61. The minimum atomic E-state index is -0.569. The zero-order chi connectivity index (χ0) is 14.0. The number of carbonyl (C=O) groups is 1. The fourth-order valence-corrected chi connectivity index (χ4v) is 2.42. The van der Waals surface area contributed by atoms with Gasteiger partial charge in [0.15, 0.2) is 0 Å². The van der Waals surface area contributed by atoms with Crippen molar-refractivity contribution >= 4 is 11.7 Å². The van der Waals surface area contributed by atoms with E-state index in [9.17, 15) is 4.79 Å². The Bertz CT molecular complexity index is 482.